The zero-order valence-electron chi connectivity index (χ0n) is 20.1. The van der Waals surface area contributed by atoms with Gasteiger partial charge in [-0.3, -0.25) is 15.6 Å². The van der Waals surface area contributed by atoms with Crippen molar-refractivity contribution in [2.24, 2.45) is 0 Å². The van der Waals surface area contributed by atoms with E-state index in [0.29, 0.717) is 10.7 Å². The lowest BCUT2D eigenvalue weighted by Gasteiger charge is -2.18. The Morgan fingerprint density at radius 1 is 1.10 bits per heavy atom. The van der Waals surface area contributed by atoms with Crippen LogP contribution in [0.4, 0.5) is 25.1 Å². The van der Waals surface area contributed by atoms with E-state index >= 15 is 0 Å². The first-order valence-electron chi connectivity index (χ1n) is 11.0. The average Bonchev–Trinajstić information content (AvgIpc) is 3.33. The molecule has 0 unspecified atom stereocenters. The van der Waals surface area contributed by atoms with Crippen molar-refractivity contribution in [1.29, 1.82) is 5.41 Å². The molecule has 210 valence electrons. The molecule has 0 bridgehead atoms. The van der Waals surface area contributed by atoms with Crippen molar-refractivity contribution >= 4 is 77.9 Å². The van der Waals surface area contributed by atoms with Crippen LogP contribution in [-0.4, -0.2) is 49.6 Å². The second kappa shape index (κ2) is 10.7. The molecule has 0 aliphatic carbocycles. The molecule has 0 fully saturated rings. The third kappa shape index (κ3) is 5.63. The lowest BCUT2D eigenvalue weighted by molar-refractivity contribution is 0.187. The Morgan fingerprint density at radius 2 is 1.77 bits per heavy atom. The first-order valence-corrected chi connectivity index (χ1v) is 14.9. The van der Waals surface area contributed by atoms with E-state index in [1.165, 1.54) is 37.3 Å². The second-order valence-electron chi connectivity index (χ2n) is 7.95. The van der Waals surface area contributed by atoms with E-state index in [9.17, 15) is 30.4 Å². The monoisotopic (exact) mass is 631 g/mol. The molecule has 2 heterocycles. The number of anilines is 2. The van der Waals surface area contributed by atoms with Crippen LogP contribution in [0, 0.1) is 5.41 Å². The number of carbonyl (C=O) groups excluding carboxylic acids is 1. The molecular weight excluding hydrogens is 615 g/mol. The van der Waals surface area contributed by atoms with Crippen LogP contribution in [0.1, 0.15) is 6.92 Å². The molecule has 0 saturated carbocycles. The summed E-state index contributed by atoms with van der Waals surface area (Å²) in [6, 6.07) is 10.2. The van der Waals surface area contributed by atoms with Gasteiger partial charge in [0.05, 0.1) is 27.6 Å². The summed E-state index contributed by atoms with van der Waals surface area (Å²) < 4.78 is 77.5. The lowest BCUT2D eigenvalue weighted by atomic mass is 10.3. The summed E-state index contributed by atoms with van der Waals surface area (Å²) in [6.45, 7) is 1.39. The van der Waals surface area contributed by atoms with E-state index in [0.717, 1.165) is 35.5 Å². The summed E-state index contributed by atoms with van der Waals surface area (Å²) >= 11 is 10.6. The minimum absolute atomic E-state index is 0.0688. The maximum atomic E-state index is 13.4. The Bertz CT molecular complexity index is 1840. The highest BCUT2D eigenvalue weighted by molar-refractivity contribution is 7.93. The largest absolute Gasteiger partial charge is 0.435 e. The first-order chi connectivity index (χ1) is 18.7. The fraction of sp³-hybridized carbons (Fsp3) is 0.130. The Labute approximate surface area is 236 Å². The van der Waals surface area contributed by atoms with Crippen molar-refractivity contribution < 1.29 is 34.8 Å². The molecule has 2 aromatic heterocycles. The minimum Gasteiger partial charge on any atom is -0.435 e. The maximum absolute atomic E-state index is 13.4. The van der Waals surface area contributed by atoms with Crippen LogP contribution in [0.15, 0.2) is 68.8 Å². The third-order valence-corrected chi connectivity index (χ3v) is 9.54. The van der Waals surface area contributed by atoms with Crippen molar-refractivity contribution in [1.82, 2.24) is 9.97 Å². The van der Waals surface area contributed by atoms with Gasteiger partial charge in [0.15, 0.2) is 15.4 Å². The van der Waals surface area contributed by atoms with Crippen molar-refractivity contribution in [3.63, 3.8) is 0 Å². The van der Waals surface area contributed by atoms with Gasteiger partial charge >= 0.3 is 10.7 Å². The number of carbonyl (C=O) groups is 1. The van der Waals surface area contributed by atoms with Crippen LogP contribution in [0.5, 0.6) is 0 Å². The smallest absolute Gasteiger partial charge is 0.427 e. The molecule has 0 aliphatic heterocycles. The van der Waals surface area contributed by atoms with Gasteiger partial charge in [0.2, 0.25) is 5.89 Å². The molecule has 17 heteroatoms. The molecule has 11 nitrogen and oxygen atoms in total. The van der Waals surface area contributed by atoms with Crippen molar-refractivity contribution in [3.05, 3.63) is 59.6 Å². The molecule has 0 spiro atoms. The van der Waals surface area contributed by atoms with E-state index in [1.807, 2.05) is 0 Å². The first kappa shape index (κ1) is 29.3. The van der Waals surface area contributed by atoms with Gasteiger partial charge in [-0.25, -0.2) is 31.6 Å². The number of rotatable bonds is 8. The van der Waals surface area contributed by atoms with Crippen molar-refractivity contribution in [2.45, 2.75) is 21.4 Å². The summed E-state index contributed by atoms with van der Waals surface area (Å²) in [5.74, 6) is -0.881. The normalized spacial score (nSPS) is 12.3. The number of oxazole rings is 1. The van der Waals surface area contributed by atoms with E-state index in [2.05, 4.69) is 15.3 Å². The number of urea groups is 1. The highest BCUT2D eigenvalue weighted by atomic mass is 35.5. The predicted octanol–water partition coefficient (Wildman–Crippen LogP) is 5.55. The van der Waals surface area contributed by atoms with Crippen LogP contribution in [-0.2, 0) is 19.7 Å². The topological polar surface area (TPSA) is 163 Å². The lowest BCUT2D eigenvalue weighted by Crippen LogP contribution is -2.33. The average molecular weight is 632 g/mol. The van der Waals surface area contributed by atoms with Gasteiger partial charge in [0.25, 0.3) is 9.84 Å². The number of benzene rings is 2. The maximum Gasteiger partial charge on any atom is 0.427 e. The molecule has 0 radical (unpaired) electrons. The number of sulfone groups is 2. The Kier molecular flexibility index (Phi) is 7.86. The van der Waals surface area contributed by atoms with Gasteiger partial charge in [-0.1, -0.05) is 18.5 Å². The number of hydrogen-bond acceptors (Lipinski definition) is 9. The fourth-order valence-corrected chi connectivity index (χ4v) is 5.60. The van der Waals surface area contributed by atoms with Crippen molar-refractivity contribution in [3.8, 4) is 11.6 Å². The molecule has 40 heavy (non-hydrogen) atoms. The minimum atomic E-state index is -5.25. The van der Waals surface area contributed by atoms with Crippen LogP contribution in [0.2, 0.25) is 5.02 Å². The van der Waals surface area contributed by atoms with Crippen LogP contribution in [0.25, 0.3) is 22.7 Å². The van der Waals surface area contributed by atoms with Gasteiger partial charge in [0.1, 0.15) is 17.0 Å². The van der Waals surface area contributed by atoms with E-state index < -0.39 is 41.2 Å². The highest BCUT2D eigenvalue weighted by Crippen LogP contribution is 2.35. The fourth-order valence-electron chi connectivity index (χ4n) is 3.41. The number of hydrogen-bond donors (Lipinski definition) is 2. The van der Waals surface area contributed by atoms with Gasteiger partial charge in [-0.05, 0) is 66.2 Å². The number of fused-ring (bicyclic) bond motifs is 1. The number of alkyl halides is 3. The SMILES string of the molecule is CCS(=O)(=O)c1ccc(NC(=O)N(C=N)c2ccc(Cl)cc2)nc1-c1nc2cc(S(=O)(=O)C(F)(F)Cl)ccc2o1. The van der Waals surface area contributed by atoms with Crippen molar-refractivity contribution in [2.75, 3.05) is 16.0 Å². The molecule has 0 atom stereocenters. The van der Waals surface area contributed by atoms with E-state index in [1.54, 1.807) is 0 Å². The Hall–Kier alpha value is -3.66. The number of nitrogens with one attached hydrogen (secondary N) is 2. The van der Waals surface area contributed by atoms with Gasteiger partial charge in [-0.2, -0.15) is 8.78 Å². The quantitative estimate of drug-likeness (QED) is 0.145. The number of halogens is 4. The molecule has 4 rings (SSSR count). The number of amides is 2. The number of aromatic nitrogens is 2. The number of pyridine rings is 1. The summed E-state index contributed by atoms with van der Waals surface area (Å²) in [7, 11) is -9.18. The van der Waals surface area contributed by atoms with Gasteiger partial charge in [-0.15, -0.1) is 0 Å². The Morgan fingerprint density at radius 3 is 2.38 bits per heavy atom. The summed E-state index contributed by atoms with van der Waals surface area (Å²) in [5, 5.41) is 10.5. The highest BCUT2D eigenvalue weighted by Gasteiger charge is 2.44. The van der Waals surface area contributed by atoms with E-state index in [4.69, 9.17) is 33.0 Å². The molecule has 2 N–H and O–H groups in total. The molecule has 2 amide bonds. The summed E-state index contributed by atoms with van der Waals surface area (Å²) in [5.41, 5.74) is -0.309. The summed E-state index contributed by atoms with van der Waals surface area (Å²) in [4.78, 5) is 20.9. The summed E-state index contributed by atoms with van der Waals surface area (Å²) in [6.07, 6.45) is 0.742. The number of nitrogens with zero attached hydrogens (tertiary/aromatic N) is 3. The van der Waals surface area contributed by atoms with E-state index in [-0.39, 0.29) is 33.3 Å². The predicted molar refractivity (Wildman–Crippen MR) is 145 cm³/mol. The molecule has 0 aliphatic rings. The standard InChI is InChI=1S/C23H17Cl2F2N5O6S2/c1-2-39(34,35)18-9-10-19(31-22(33)32(12-28)14-5-3-13(24)4-6-14)30-20(18)21-29-16-11-15(7-8-17(16)38-21)40(36,37)23(25,26)27/h3-12,28H,2H2,1H3,(H,30,31,33). The van der Waals surface area contributed by atoms with Crippen LogP contribution >= 0.6 is 23.2 Å². The van der Waals surface area contributed by atoms with Crippen LogP contribution < -0.4 is 10.2 Å². The zero-order valence-corrected chi connectivity index (χ0v) is 23.2. The van der Waals surface area contributed by atoms with Gasteiger partial charge < -0.3 is 4.42 Å². The molecule has 2 aromatic carbocycles. The van der Waals surface area contributed by atoms with Gasteiger partial charge in [0, 0.05) is 5.02 Å². The molecule has 0 saturated heterocycles. The molecule has 4 aromatic rings. The zero-order chi connectivity index (χ0) is 29.5. The molecular formula is C23H17Cl2F2N5O6S2. The Balaban J connectivity index is 1.78. The van der Waals surface area contributed by atoms with Crippen LogP contribution in [0.3, 0.4) is 0 Å². The second-order valence-corrected chi connectivity index (χ2v) is 13.3. The third-order valence-electron chi connectivity index (χ3n) is 5.44.